The molecule has 1 amide bonds. The van der Waals surface area contributed by atoms with Crippen LogP contribution in [0.5, 0.6) is 0 Å². The van der Waals surface area contributed by atoms with E-state index in [0.717, 1.165) is 66.9 Å². The molecule has 2 aliphatic heterocycles. The van der Waals surface area contributed by atoms with E-state index in [0.29, 0.717) is 43.0 Å². The lowest BCUT2D eigenvalue weighted by molar-refractivity contribution is -0.134. The van der Waals surface area contributed by atoms with Crippen LogP contribution in [-0.2, 0) is 33.6 Å². The molecule has 1 saturated heterocycles. The first kappa shape index (κ1) is 44.2. The summed E-state index contributed by atoms with van der Waals surface area (Å²) >= 11 is 1.73. The molecule has 2 aromatic carbocycles. The first-order chi connectivity index (χ1) is 24.6. The monoisotopic (exact) mass is 744 g/mol. The Morgan fingerprint density at radius 3 is 1.35 bits per heavy atom. The molecular weight excluding hydrogens is 704 g/mol. The molecule has 0 atom stereocenters. The van der Waals surface area contributed by atoms with Gasteiger partial charge in [-0.1, -0.05) is 36.0 Å². The van der Waals surface area contributed by atoms with Gasteiger partial charge in [0.1, 0.15) is 0 Å². The highest BCUT2D eigenvalue weighted by Crippen LogP contribution is 2.47. The molecule has 2 aromatic rings. The van der Waals surface area contributed by atoms with Gasteiger partial charge in [-0.3, -0.25) is 9.69 Å². The lowest BCUT2D eigenvalue weighted by Crippen LogP contribution is -2.45. The number of likely N-dealkylation sites (N-methyl/N-ethyl adjacent to an activating group) is 1. The Bertz CT molecular complexity index is 1460. The zero-order valence-corrected chi connectivity index (χ0v) is 28.8. The van der Waals surface area contributed by atoms with E-state index in [4.69, 9.17) is 30.6 Å². The van der Waals surface area contributed by atoms with Crippen molar-refractivity contribution in [3.05, 3.63) is 85.0 Å². The minimum atomic E-state index is -1.26. The predicted molar refractivity (Wildman–Crippen MR) is 189 cm³/mol. The molecule has 0 saturated carbocycles. The van der Waals surface area contributed by atoms with Crippen LogP contribution in [0.25, 0.3) is 0 Å². The first-order valence-corrected chi connectivity index (χ1v) is 16.1. The Labute approximate surface area is 302 Å². The molecule has 17 nitrogen and oxygen atoms in total. The highest BCUT2D eigenvalue weighted by molar-refractivity contribution is 7.99. The summed E-state index contributed by atoms with van der Waals surface area (Å²) < 4.78 is 0. The molecule has 52 heavy (non-hydrogen) atoms. The number of hydrogen-bond donors (Lipinski definition) is 7. The van der Waals surface area contributed by atoms with Gasteiger partial charge >= 0.3 is 35.8 Å². The van der Waals surface area contributed by atoms with Crippen molar-refractivity contribution in [1.82, 2.24) is 15.1 Å². The third-order valence-electron chi connectivity index (χ3n) is 6.49. The Kier molecular flexibility index (Phi) is 20.7. The molecule has 0 radical (unpaired) electrons. The van der Waals surface area contributed by atoms with Gasteiger partial charge in [-0.2, -0.15) is 0 Å². The molecule has 2 heterocycles. The van der Waals surface area contributed by atoms with Crippen molar-refractivity contribution in [2.45, 2.75) is 16.2 Å². The van der Waals surface area contributed by atoms with E-state index in [-0.39, 0.29) is 5.91 Å². The number of benzene rings is 2. The van der Waals surface area contributed by atoms with Crippen LogP contribution in [0.3, 0.4) is 0 Å². The summed E-state index contributed by atoms with van der Waals surface area (Å²) in [7, 11) is 2.18. The fourth-order valence-electron chi connectivity index (χ4n) is 4.17. The number of piperazine rings is 1. The van der Waals surface area contributed by atoms with Crippen LogP contribution in [0, 0.1) is 0 Å². The third kappa shape index (κ3) is 19.4. The van der Waals surface area contributed by atoms with Crippen molar-refractivity contribution in [2.75, 3.05) is 57.8 Å². The minimum absolute atomic E-state index is 0.0970. The lowest BCUT2D eigenvalue weighted by atomic mass is 10.2. The summed E-state index contributed by atoms with van der Waals surface area (Å²) in [5.74, 6) is -7.45. The van der Waals surface area contributed by atoms with Gasteiger partial charge < -0.3 is 45.8 Å². The molecule has 7 N–H and O–H groups in total. The van der Waals surface area contributed by atoms with Gasteiger partial charge in [0.25, 0.3) is 0 Å². The number of fused-ring (bicyclic) bond motifs is 2. The molecule has 280 valence electrons. The standard InChI is InChI=1S/C22H28N4OS.3C4H4O4/c1-24-13-15-25(16-14-24)12-6-11-23-17-22(27)26-18-7-2-4-9-20(18)28-21-10-5-3-8-19(21)26;3*5-3(6)1-2-4(7)8/h2-5,7-10,23H,6,11-17H2,1H3;3*1-2H,(H,5,6)(H,7,8)/b;3*2-1-. The number of aliphatic carboxylic acids is 6. The number of carboxylic acid groups (broad SMARTS) is 6. The van der Waals surface area contributed by atoms with E-state index in [1.165, 1.54) is 0 Å². The van der Waals surface area contributed by atoms with E-state index < -0.39 is 35.8 Å². The maximum Gasteiger partial charge on any atom is 0.328 e. The minimum Gasteiger partial charge on any atom is -0.478 e. The molecule has 18 heteroatoms. The number of anilines is 2. The number of hydrogen-bond acceptors (Lipinski definition) is 11. The average molecular weight is 745 g/mol. The largest absolute Gasteiger partial charge is 0.478 e. The summed E-state index contributed by atoms with van der Waals surface area (Å²) in [6, 6.07) is 16.3. The van der Waals surface area contributed by atoms with Gasteiger partial charge in [0.05, 0.1) is 17.9 Å². The molecule has 0 spiro atoms. The zero-order chi connectivity index (χ0) is 39.1. The number of rotatable bonds is 12. The lowest BCUT2D eigenvalue weighted by Gasteiger charge is -2.32. The zero-order valence-electron chi connectivity index (χ0n) is 28.0. The number of nitrogens with zero attached hydrogens (tertiary/aromatic N) is 3. The normalized spacial score (nSPS) is 13.7. The maximum absolute atomic E-state index is 13.1. The fraction of sp³-hybridized carbons (Fsp3) is 0.265. The van der Waals surface area contributed by atoms with Crippen molar-refractivity contribution >= 4 is 64.9 Å². The van der Waals surface area contributed by atoms with E-state index in [9.17, 15) is 33.6 Å². The molecular formula is C34H40N4O13S. The van der Waals surface area contributed by atoms with Crippen molar-refractivity contribution in [3.8, 4) is 0 Å². The van der Waals surface area contributed by atoms with Crippen LogP contribution < -0.4 is 10.2 Å². The van der Waals surface area contributed by atoms with Gasteiger partial charge in [0.15, 0.2) is 0 Å². The Morgan fingerprint density at radius 2 is 0.981 bits per heavy atom. The quantitative estimate of drug-likeness (QED) is 0.121. The maximum atomic E-state index is 13.1. The number of carboxylic acids is 6. The average Bonchev–Trinajstić information content (AvgIpc) is 3.09. The summed E-state index contributed by atoms with van der Waals surface area (Å²) in [6.45, 7) is 6.92. The topological polar surface area (TPSA) is 263 Å². The molecule has 0 unspecified atom stereocenters. The van der Waals surface area contributed by atoms with E-state index in [1.54, 1.807) is 11.8 Å². The number of para-hydroxylation sites is 2. The van der Waals surface area contributed by atoms with Crippen LogP contribution in [0.4, 0.5) is 11.4 Å². The first-order valence-electron chi connectivity index (χ1n) is 15.3. The number of nitrogens with one attached hydrogen (secondary N) is 1. The van der Waals surface area contributed by atoms with Crippen LogP contribution in [0.1, 0.15) is 6.42 Å². The fourth-order valence-corrected chi connectivity index (χ4v) is 5.23. The van der Waals surface area contributed by atoms with Gasteiger partial charge in [-0.15, -0.1) is 0 Å². The van der Waals surface area contributed by atoms with Crippen molar-refractivity contribution < 1.29 is 64.2 Å². The van der Waals surface area contributed by atoms with Crippen LogP contribution >= 0.6 is 11.8 Å². The van der Waals surface area contributed by atoms with Gasteiger partial charge in [0.2, 0.25) is 5.91 Å². The number of carbonyl (C=O) groups excluding carboxylic acids is 1. The van der Waals surface area contributed by atoms with E-state index in [2.05, 4.69) is 34.3 Å². The second-order valence-electron chi connectivity index (χ2n) is 10.5. The van der Waals surface area contributed by atoms with Gasteiger partial charge in [-0.25, -0.2) is 28.8 Å². The number of amides is 1. The molecule has 0 aliphatic carbocycles. The van der Waals surface area contributed by atoms with Crippen LogP contribution in [-0.4, -0.2) is 135 Å². The van der Waals surface area contributed by atoms with Crippen molar-refractivity contribution in [3.63, 3.8) is 0 Å². The summed E-state index contributed by atoms with van der Waals surface area (Å²) in [4.78, 5) is 79.4. The predicted octanol–water partition coefficient (Wildman–Crippen LogP) is 2.18. The molecule has 0 aromatic heterocycles. The summed E-state index contributed by atoms with van der Waals surface area (Å²) in [5.41, 5.74) is 1.96. The summed E-state index contributed by atoms with van der Waals surface area (Å²) in [5, 5.41) is 50.2. The second kappa shape index (κ2) is 24.3. The molecule has 4 rings (SSSR count). The molecule has 1 fully saturated rings. The highest BCUT2D eigenvalue weighted by Gasteiger charge is 2.27. The highest BCUT2D eigenvalue weighted by atomic mass is 32.2. The van der Waals surface area contributed by atoms with Crippen molar-refractivity contribution in [1.29, 1.82) is 0 Å². The van der Waals surface area contributed by atoms with E-state index in [1.807, 2.05) is 41.3 Å². The SMILES string of the molecule is CN1CCN(CCCNCC(=O)N2c3ccccc3Sc3ccccc32)CC1.O=C(O)/C=C\C(=O)O.O=C(O)/C=C\C(=O)O.O=C(O)/C=C\C(=O)O. The Balaban J connectivity index is 0.000000460. The van der Waals surface area contributed by atoms with Gasteiger partial charge in [-0.05, 0) is 50.8 Å². The molecule has 2 aliphatic rings. The third-order valence-corrected chi connectivity index (χ3v) is 7.62. The smallest absolute Gasteiger partial charge is 0.328 e. The van der Waals surface area contributed by atoms with E-state index >= 15 is 0 Å². The van der Waals surface area contributed by atoms with Gasteiger partial charge in [0, 0.05) is 72.4 Å². The Hall–Kier alpha value is -5.82. The summed E-state index contributed by atoms with van der Waals surface area (Å²) in [6.07, 6.45) is 4.42. The second-order valence-corrected chi connectivity index (χ2v) is 11.6. The van der Waals surface area contributed by atoms with Crippen LogP contribution in [0.15, 0.2) is 94.8 Å². The van der Waals surface area contributed by atoms with Crippen molar-refractivity contribution in [2.24, 2.45) is 0 Å². The van der Waals surface area contributed by atoms with Crippen LogP contribution in [0.2, 0.25) is 0 Å². The molecule has 0 bridgehead atoms. The number of carbonyl (C=O) groups is 7. The Morgan fingerprint density at radius 1 is 0.615 bits per heavy atom.